The Bertz CT molecular complexity index is 1100. The largest absolute Gasteiger partial charge is 0.423 e. The van der Waals surface area contributed by atoms with Gasteiger partial charge < -0.3 is 15.0 Å². The number of carbonyl (C=O) groups is 2. The van der Waals surface area contributed by atoms with E-state index in [1.807, 2.05) is 6.20 Å². The van der Waals surface area contributed by atoms with Crippen LogP contribution < -0.4 is 10.1 Å². The van der Waals surface area contributed by atoms with E-state index in [1.165, 1.54) is 25.1 Å². The molecule has 0 aliphatic rings. The molecule has 156 valence electrons. The maximum atomic E-state index is 13.0. The normalized spacial score (nSPS) is 11.7. The van der Waals surface area contributed by atoms with Crippen LogP contribution in [0.2, 0.25) is 0 Å². The molecule has 2 aromatic carbocycles. The summed E-state index contributed by atoms with van der Waals surface area (Å²) in [4.78, 5) is 26.2. The number of esters is 1. The molecule has 5 nitrogen and oxygen atoms in total. The summed E-state index contributed by atoms with van der Waals surface area (Å²) in [6.45, 7) is 1.90. The number of fused-ring (bicyclic) bond motifs is 1. The molecule has 0 aliphatic carbocycles. The summed E-state index contributed by atoms with van der Waals surface area (Å²) in [6.07, 6.45) is -0.0720. The summed E-state index contributed by atoms with van der Waals surface area (Å²) < 4.78 is 44.3. The van der Waals surface area contributed by atoms with Crippen LogP contribution in [0, 0.1) is 0 Å². The highest BCUT2D eigenvalue weighted by atomic mass is 19.4. The second-order valence-electron chi connectivity index (χ2n) is 6.59. The molecule has 1 heterocycles. The highest BCUT2D eigenvalue weighted by Gasteiger charge is 2.32. The van der Waals surface area contributed by atoms with Crippen LogP contribution in [0.5, 0.6) is 5.75 Å². The zero-order valence-corrected chi connectivity index (χ0v) is 16.0. The predicted molar refractivity (Wildman–Crippen MR) is 107 cm³/mol. The number of carbonyl (C=O) groups excluding carboxylic acids is 2. The first-order valence-electron chi connectivity index (χ1n) is 9.14. The van der Waals surface area contributed by atoms with Crippen LogP contribution in [0.1, 0.15) is 23.6 Å². The maximum Gasteiger partial charge on any atom is 0.416 e. The smallest absolute Gasteiger partial charge is 0.416 e. The van der Waals surface area contributed by atoms with Crippen molar-refractivity contribution in [3.05, 3.63) is 71.4 Å². The van der Waals surface area contributed by atoms with Crippen molar-refractivity contribution in [3.63, 3.8) is 0 Å². The first-order chi connectivity index (χ1) is 14.2. The lowest BCUT2D eigenvalue weighted by molar-refractivity contribution is -0.137. The first-order valence-corrected chi connectivity index (χ1v) is 9.14. The van der Waals surface area contributed by atoms with Crippen molar-refractivity contribution in [2.75, 3.05) is 6.54 Å². The molecule has 0 radical (unpaired) electrons. The van der Waals surface area contributed by atoms with Crippen LogP contribution in [0.15, 0.2) is 54.7 Å². The van der Waals surface area contributed by atoms with Crippen molar-refractivity contribution >= 4 is 28.9 Å². The van der Waals surface area contributed by atoms with E-state index in [-0.39, 0.29) is 17.2 Å². The highest BCUT2D eigenvalue weighted by molar-refractivity contribution is 5.90. The van der Waals surface area contributed by atoms with E-state index in [4.69, 9.17) is 4.74 Å². The van der Waals surface area contributed by atoms with Gasteiger partial charge in [0.15, 0.2) is 0 Å². The summed E-state index contributed by atoms with van der Waals surface area (Å²) in [7, 11) is 0. The van der Waals surface area contributed by atoms with E-state index >= 15 is 0 Å². The molecule has 0 aliphatic heterocycles. The molecule has 3 aromatic rings. The molecular weight excluding hydrogens is 397 g/mol. The fourth-order valence-electron chi connectivity index (χ4n) is 3.01. The van der Waals surface area contributed by atoms with Gasteiger partial charge in [0, 0.05) is 36.6 Å². The molecule has 0 atom stereocenters. The standard InChI is InChI=1S/C22H19F3N2O3/c1-14(28)26-11-10-16-13-27-20-8-7-17(12-18(16)20)30-21(29)9-6-15-4-2-3-5-19(15)22(23,24)25/h2-9,12-13,27H,10-11H2,1H3,(H,26,28)/b9-6+. The minimum absolute atomic E-state index is 0.122. The number of aromatic nitrogens is 1. The molecule has 0 bridgehead atoms. The number of alkyl halides is 3. The lowest BCUT2D eigenvalue weighted by Crippen LogP contribution is -2.22. The molecule has 0 saturated carbocycles. The monoisotopic (exact) mass is 416 g/mol. The molecule has 8 heteroatoms. The molecule has 0 fully saturated rings. The number of ether oxygens (including phenoxy) is 1. The Labute approximate surface area is 170 Å². The van der Waals surface area contributed by atoms with Gasteiger partial charge in [0.05, 0.1) is 5.56 Å². The zero-order chi connectivity index (χ0) is 21.7. The number of rotatable bonds is 6. The summed E-state index contributed by atoms with van der Waals surface area (Å²) in [5.74, 6) is -0.647. The van der Waals surface area contributed by atoms with Crippen LogP contribution in [-0.2, 0) is 22.2 Å². The average Bonchev–Trinajstić information content (AvgIpc) is 3.08. The number of benzene rings is 2. The molecule has 0 spiro atoms. The van der Waals surface area contributed by atoms with Gasteiger partial charge in [-0.15, -0.1) is 0 Å². The van der Waals surface area contributed by atoms with Gasteiger partial charge in [-0.3, -0.25) is 4.79 Å². The maximum absolute atomic E-state index is 13.0. The van der Waals surface area contributed by atoms with Crippen LogP contribution in [-0.4, -0.2) is 23.4 Å². The number of amides is 1. The molecule has 30 heavy (non-hydrogen) atoms. The Hall–Kier alpha value is -3.55. The lowest BCUT2D eigenvalue weighted by Gasteiger charge is -2.09. The first kappa shape index (κ1) is 21.2. The van der Waals surface area contributed by atoms with Crippen molar-refractivity contribution in [2.45, 2.75) is 19.5 Å². The van der Waals surface area contributed by atoms with Crippen molar-refractivity contribution in [1.29, 1.82) is 0 Å². The SMILES string of the molecule is CC(=O)NCCc1c[nH]c2ccc(OC(=O)/C=C/c3ccccc3C(F)(F)F)cc12. The lowest BCUT2D eigenvalue weighted by atomic mass is 10.1. The number of hydrogen-bond donors (Lipinski definition) is 2. The Balaban J connectivity index is 1.72. The van der Waals surface area contributed by atoms with Gasteiger partial charge >= 0.3 is 12.1 Å². The summed E-state index contributed by atoms with van der Waals surface area (Å²) in [6, 6.07) is 9.97. The number of H-pyrrole nitrogens is 1. The highest BCUT2D eigenvalue weighted by Crippen LogP contribution is 2.32. The number of aromatic amines is 1. The van der Waals surface area contributed by atoms with E-state index in [0.29, 0.717) is 13.0 Å². The fraction of sp³-hybridized carbons (Fsp3) is 0.182. The van der Waals surface area contributed by atoms with Gasteiger partial charge in [-0.2, -0.15) is 13.2 Å². The predicted octanol–water partition coefficient (Wildman–Crippen LogP) is 4.48. The van der Waals surface area contributed by atoms with E-state index in [2.05, 4.69) is 10.3 Å². The van der Waals surface area contributed by atoms with Crippen LogP contribution in [0.4, 0.5) is 13.2 Å². The number of halogens is 3. The molecule has 2 N–H and O–H groups in total. The van der Waals surface area contributed by atoms with Crippen molar-refractivity contribution in [1.82, 2.24) is 10.3 Å². The van der Waals surface area contributed by atoms with Gasteiger partial charge in [-0.05, 0) is 47.9 Å². The third-order valence-electron chi connectivity index (χ3n) is 4.39. The second-order valence-corrected chi connectivity index (χ2v) is 6.59. The van der Waals surface area contributed by atoms with Crippen molar-refractivity contribution in [3.8, 4) is 5.75 Å². The Morgan fingerprint density at radius 3 is 2.67 bits per heavy atom. The van der Waals surface area contributed by atoms with Crippen molar-refractivity contribution in [2.24, 2.45) is 0 Å². The van der Waals surface area contributed by atoms with Gasteiger partial charge in [-0.25, -0.2) is 4.79 Å². The summed E-state index contributed by atoms with van der Waals surface area (Å²) >= 11 is 0. The molecule has 1 aromatic heterocycles. The third kappa shape index (κ3) is 5.28. The Morgan fingerprint density at radius 1 is 1.17 bits per heavy atom. The van der Waals surface area contributed by atoms with E-state index in [0.717, 1.165) is 34.7 Å². The second kappa shape index (κ2) is 8.86. The van der Waals surface area contributed by atoms with Crippen LogP contribution in [0.3, 0.4) is 0 Å². The van der Waals surface area contributed by atoms with Crippen LogP contribution in [0.25, 0.3) is 17.0 Å². The number of hydrogen-bond acceptors (Lipinski definition) is 3. The molecular formula is C22H19F3N2O3. The van der Waals surface area contributed by atoms with E-state index < -0.39 is 17.7 Å². The van der Waals surface area contributed by atoms with Gasteiger partial charge in [0.2, 0.25) is 5.91 Å². The molecule has 3 rings (SSSR count). The molecule has 1 amide bonds. The minimum atomic E-state index is -4.52. The van der Waals surface area contributed by atoms with E-state index in [1.54, 1.807) is 18.2 Å². The van der Waals surface area contributed by atoms with Crippen molar-refractivity contribution < 1.29 is 27.5 Å². The zero-order valence-electron chi connectivity index (χ0n) is 16.0. The molecule has 0 saturated heterocycles. The summed E-state index contributed by atoms with van der Waals surface area (Å²) in [5.41, 5.74) is 0.823. The Morgan fingerprint density at radius 2 is 1.93 bits per heavy atom. The molecule has 0 unspecified atom stereocenters. The van der Waals surface area contributed by atoms with Gasteiger partial charge in [0.25, 0.3) is 0 Å². The minimum Gasteiger partial charge on any atom is -0.423 e. The van der Waals surface area contributed by atoms with E-state index in [9.17, 15) is 22.8 Å². The third-order valence-corrected chi connectivity index (χ3v) is 4.39. The number of nitrogens with one attached hydrogen (secondary N) is 2. The van der Waals surface area contributed by atoms with Gasteiger partial charge in [-0.1, -0.05) is 18.2 Å². The fourth-order valence-corrected chi connectivity index (χ4v) is 3.01. The quantitative estimate of drug-likeness (QED) is 0.354. The van der Waals surface area contributed by atoms with Gasteiger partial charge in [0.1, 0.15) is 5.75 Å². The Kier molecular flexibility index (Phi) is 6.25. The average molecular weight is 416 g/mol. The van der Waals surface area contributed by atoms with Crippen LogP contribution >= 0.6 is 0 Å². The topological polar surface area (TPSA) is 71.2 Å². The summed E-state index contributed by atoms with van der Waals surface area (Å²) in [5, 5.41) is 3.55.